The summed E-state index contributed by atoms with van der Waals surface area (Å²) in [4.78, 5) is 32.1. The Balaban J connectivity index is 1.61. The third kappa shape index (κ3) is 6.22. The van der Waals surface area contributed by atoms with E-state index in [1.165, 1.54) is 37.4 Å². The topological polar surface area (TPSA) is 79.2 Å². The number of hydrogen-bond donors (Lipinski definition) is 1. The second-order valence-corrected chi connectivity index (χ2v) is 11.5. The number of halogens is 2. The van der Waals surface area contributed by atoms with E-state index in [2.05, 4.69) is 31.9 Å². The molecule has 1 amide bonds. The average molecular weight is 600 g/mol. The predicted molar refractivity (Wildman–Crippen MR) is 139 cm³/mol. The number of carbonyl (C=O) groups excluding carboxylic acids is 1. The number of nitrogens with zero attached hydrogens (tertiary/aromatic N) is 2. The van der Waals surface area contributed by atoms with Crippen LogP contribution >= 0.6 is 43.6 Å². The normalized spacial score (nSPS) is 23.0. The Morgan fingerprint density at radius 2 is 1.70 bits per heavy atom. The number of amidine groups is 1. The molecule has 0 unspecified atom stereocenters. The van der Waals surface area contributed by atoms with E-state index in [1.54, 1.807) is 0 Å². The van der Waals surface area contributed by atoms with E-state index in [9.17, 15) is 9.59 Å². The van der Waals surface area contributed by atoms with Crippen LogP contribution in [0.15, 0.2) is 31.0 Å². The molecule has 33 heavy (non-hydrogen) atoms. The minimum atomic E-state index is -1.04. The van der Waals surface area contributed by atoms with Gasteiger partial charge in [0.25, 0.3) is 5.91 Å². The fourth-order valence-corrected chi connectivity index (χ4v) is 7.25. The molecule has 1 heterocycles. The van der Waals surface area contributed by atoms with Gasteiger partial charge in [-0.1, -0.05) is 38.5 Å². The van der Waals surface area contributed by atoms with Gasteiger partial charge in [-0.3, -0.25) is 14.7 Å². The highest BCUT2D eigenvalue weighted by Crippen LogP contribution is 2.40. The summed E-state index contributed by atoms with van der Waals surface area (Å²) in [5.74, 6) is -0.575. The first-order valence-corrected chi connectivity index (χ1v) is 14.0. The highest BCUT2D eigenvalue weighted by molar-refractivity contribution is 9.11. The zero-order valence-electron chi connectivity index (χ0n) is 18.4. The maximum absolute atomic E-state index is 13.5. The van der Waals surface area contributed by atoms with Gasteiger partial charge in [0.1, 0.15) is 5.75 Å². The van der Waals surface area contributed by atoms with Crippen molar-refractivity contribution in [2.45, 2.75) is 76.3 Å². The highest BCUT2D eigenvalue weighted by Gasteiger charge is 2.39. The van der Waals surface area contributed by atoms with Crippen molar-refractivity contribution in [1.82, 2.24) is 4.90 Å². The van der Waals surface area contributed by atoms with Crippen molar-refractivity contribution in [1.29, 1.82) is 0 Å². The van der Waals surface area contributed by atoms with Gasteiger partial charge < -0.3 is 9.84 Å². The fourth-order valence-electron chi connectivity index (χ4n) is 4.69. The molecule has 1 saturated heterocycles. The molecule has 0 spiro atoms. The van der Waals surface area contributed by atoms with E-state index < -0.39 is 12.6 Å². The zero-order valence-corrected chi connectivity index (χ0v) is 22.4. The summed E-state index contributed by atoms with van der Waals surface area (Å²) in [6, 6.07) is 4.22. The molecule has 178 valence electrons. The van der Waals surface area contributed by atoms with Crippen molar-refractivity contribution in [2.75, 3.05) is 6.61 Å². The number of amides is 1. The lowest BCUT2D eigenvalue weighted by Crippen LogP contribution is -2.41. The molecule has 0 radical (unpaired) electrons. The van der Waals surface area contributed by atoms with E-state index in [-0.39, 0.29) is 11.9 Å². The van der Waals surface area contributed by atoms with Crippen LogP contribution in [0.2, 0.25) is 0 Å². The number of carboxylic acid groups (broad SMARTS) is 1. The quantitative estimate of drug-likeness (QED) is 0.372. The Labute approximate surface area is 215 Å². The molecule has 0 bridgehead atoms. The number of thioether (sulfide) groups is 1. The minimum Gasteiger partial charge on any atom is -0.480 e. The fraction of sp³-hybridized carbons (Fsp3) is 0.542. The van der Waals surface area contributed by atoms with Crippen LogP contribution in [0.4, 0.5) is 0 Å². The Hall–Kier alpha value is -1.32. The van der Waals surface area contributed by atoms with E-state index in [0.717, 1.165) is 49.3 Å². The minimum absolute atomic E-state index is 0.0416. The molecular formula is C24H28Br2N2O4S. The summed E-state index contributed by atoms with van der Waals surface area (Å²) < 4.78 is 6.61. The summed E-state index contributed by atoms with van der Waals surface area (Å²) in [5.41, 5.74) is 0.829. The monoisotopic (exact) mass is 598 g/mol. The van der Waals surface area contributed by atoms with Crippen LogP contribution in [0.1, 0.15) is 69.8 Å². The number of aliphatic imine (C=N–C) groups is 1. The van der Waals surface area contributed by atoms with E-state index in [0.29, 0.717) is 25.6 Å². The molecule has 1 aromatic rings. The Morgan fingerprint density at radius 3 is 2.30 bits per heavy atom. The van der Waals surface area contributed by atoms with Gasteiger partial charge in [-0.15, -0.1) is 0 Å². The van der Waals surface area contributed by atoms with Gasteiger partial charge in [-0.25, -0.2) is 4.79 Å². The van der Waals surface area contributed by atoms with Crippen molar-refractivity contribution in [3.05, 3.63) is 31.5 Å². The lowest BCUT2D eigenvalue weighted by Gasteiger charge is -2.31. The standard InChI is InChI=1S/C24H28Br2N2O4S/c25-18-11-15(12-19(26)22(18)32-14-21(29)30)13-20-23(31)28(17-9-5-2-6-10-17)24(33-20)27-16-7-3-1-4-8-16/h11-13,16-17H,1-10,14H2,(H,29,30). The second kappa shape index (κ2) is 11.4. The lowest BCUT2D eigenvalue weighted by molar-refractivity contribution is -0.139. The summed E-state index contributed by atoms with van der Waals surface area (Å²) in [7, 11) is 0. The molecular weight excluding hydrogens is 572 g/mol. The molecule has 9 heteroatoms. The number of benzene rings is 1. The summed E-state index contributed by atoms with van der Waals surface area (Å²) in [6.07, 6.45) is 13.4. The van der Waals surface area contributed by atoms with Crippen LogP contribution in [0.3, 0.4) is 0 Å². The average Bonchev–Trinajstić information content (AvgIpc) is 3.08. The SMILES string of the molecule is O=C(O)COc1c(Br)cc(C=C2SC(=NC3CCCCC3)N(C3CCCCC3)C2=O)cc1Br. The van der Waals surface area contributed by atoms with E-state index >= 15 is 0 Å². The van der Waals surface area contributed by atoms with Gasteiger partial charge in [0.15, 0.2) is 11.8 Å². The number of aliphatic carboxylic acids is 1. The number of rotatable bonds is 6. The van der Waals surface area contributed by atoms with Crippen LogP contribution in [-0.4, -0.2) is 45.7 Å². The molecule has 2 saturated carbocycles. The molecule has 3 fully saturated rings. The van der Waals surface area contributed by atoms with E-state index in [1.807, 2.05) is 23.1 Å². The first kappa shape index (κ1) is 24.8. The van der Waals surface area contributed by atoms with Crippen LogP contribution < -0.4 is 4.74 Å². The molecule has 3 aliphatic rings. The van der Waals surface area contributed by atoms with Crippen LogP contribution in [-0.2, 0) is 9.59 Å². The van der Waals surface area contributed by atoms with Crippen molar-refractivity contribution in [3.63, 3.8) is 0 Å². The molecule has 0 atom stereocenters. The first-order valence-electron chi connectivity index (χ1n) is 11.6. The Bertz CT molecular complexity index is 946. The molecule has 1 aliphatic heterocycles. The van der Waals surface area contributed by atoms with Crippen LogP contribution in [0.5, 0.6) is 5.75 Å². The van der Waals surface area contributed by atoms with Gasteiger partial charge >= 0.3 is 5.97 Å². The first-order chi connectivity index (χ1) is 15.9. The summed E-state index contributed by atoms with van der Waals surface area (Å²) in [6.45, 7) is -0.427. The number of ether oxygens (including phenoxy) is 1. The van der Waals surface area contributed by atoms with Crippen LogP contribution in [0, 0.1) is 0 Å². The van der Waals surface area contributed by atoms with Gasteiger partial charge in [0.05, 0.1) is 19.9 Å². The smallest absolute Gasteiger partial charge is 0.341 e. The van der Waals surface area contributed by atoms with Gasteiger partial charge in [-0.2, -0.15) is 0 Å². The summed E-state index contributed by atoms with van der Waals surface area (Å²) >= 11 is 8.41. The third-order valence-electron chi connectivity index (χ3n) is 6.30. The van der Waals surface area contributed by atoms with Crippen molar-refractivity contribution < 1.29 is 19.4 Å². The second-order valence-electron chi connectivity index (χ2n) is 8.78. The van der Waals surface area contributed by atoms with Gasteiger partial charge in [0.2, 0.25) is 0 Å². The van der Waals surface area contributed by atoms with Gasteiger partial charge in [0, 0.05) is 6.04 Å². The van der Waals surface area contributed by atoms with E-state index in [4.69, 9.17) is 14.8 Å². The molecule has 1 N–H and O–H groups in total. The molecule has 4 rings (SSSR count). The third-order valence-corrected chi connectivity index (χ3v) is 8.48. The van der Waals surface area contributed by atoms with Crippen molar-refractivity contribution >= 4 is 66.7 Å². The molecule has 0 aromatic heterocycles. The number of hydrogen-bond acceptors (Lipinski definition) is 5. The molecule has 6 nitrogen and oxygen atoms in total. The summed E-state index contributed by atoms with van der Waals surface area (Å²) in [5, 5.41) is 9.75. The predicted octanol–water partition coefficient (Wildman–Crippen LogP) is 6.61. The Kier molecular flexibility index (Phi) is 8.57. The van der Waals surface area contributed by atoms with Crippen molar-refractivity contribution in [3.8, 4) is 5.75 Å². The zero-order chi connectivity index (χ0) is 23.4. The van der Waals surface area contributed by atoms with Gasteiger partial charge in [-0.05, 0) is 93.1 Å². The molecule has 2 aliphatic carbocycles. The van der Waals surface area contributed by atoms with Crippen LogP contribution in [0.25, 0.3) is 6.08 Å². The Morgan fingerprint density at radius 1 is 1.09 bits per heavy atom. The number of carbonyl (C=O) groups is 2. The maximum Gasteiger partial charge on any atom is 0.341 e. The maximum atomic E-state index is 13.5. The number of carboxylic acids is 1. The highest BCUT2D eigenvalue weighted by atomic mass is 79.9. The molecule has 1 aromatic carbocycles. The lowest BCUT2D eigenvalue weighted by atomic mass is 9.94. The van der Waals surface area contributed by atoms with Crippen molar-refractivity contribution in [2.24, 2.45) is 4.99 Å². The largest absolute Gasteiger partial charge is 0.480 e.